The minimum atomic E-state index is -4.51. The number of hydrogen-bond donors (Lipinski definition) is 3. The minimum Gasteiger partial charge on any atom is -0.493 e. The molecule has 13 nitrogen and oxygen atoms in total. The van der Waals surface area contributed by atoms with Gasteiger partial charge in [0.25, 0.3) is 5.09 Å². The lowest BCUT2D eigenvalue weighted by molar-refractivity contribution is -0.757. The maximum atomic E-state index is 12.9. The number of alkyl halides is 3. The Morgan fingerprint density at radius 2 is 1.77 bits per heavy atom. The first-order valence-electron chi connectivity index (χ1n) is 17.3. The number of esters is 2. The molecule has 53 heavy (non-hydrogen) atoms. The predicted octanol–water partition coefficient (Wildman–Crippen LogP) is 5.86. The molecule has 0 aliphatic heterocycles. The predicted molar refractivity (Wildman–Crippen MR) is 184 cm³/mol. The molecule has 2 aromatic carbocycles. The Hall–Kier alpha value is -4.67. The van der Waals surface area contributed by atoms with E-state index in [-0.39, 0.29) is 68.2 Å². The van der Waals surface area contributed by atoms with E-state index in [2.05, 4.69) is 4.84 Å². The van der Waals surface area contributed by atoms with E-state index < -0.39 is 47.1 Å². The summed E-state index contributed by atoms with van der Waals surface area (Å²) in [5, 5.41) is 40.7. The fourth-order valence-electron chi connectivity index (χ4n) is 5.84. The van der Waals surface area contributed by atoms with Crippen LogP contribution in [0.3, 0.4) is 0 Å². The number of aliphatic hydroxyl groups is 3. The van der Waals surface area contributed by atoms with Crippen molar-refractivity contribution in [1.29, 1.82) is 0 Å². The van der Waals surface area contributed by atoms with Crippen LogP contribution in [0.4, 0.5) is 13.2 Å². The van der Waals surface area contributed by atoms with Gasteiger partial charge in [-0.3, -0.25) is 4.79 Å². The van der Waals surface area contributed by atoms with Crippen LogP contribution in [0.25, 0.3) is 6.08 Å². The Labute approximate surface area is 305 Å². The summed E-state index contributed by atoms with van der Waals surface area (Å²) in [6, 6.07) is 9.15. The molecule has 3 N–H and O–H groups in total. The topological polar surface area (TPSA) is 184 Å². The maximum absolute atomic E-state index is 12.9. The van der Waals surface area contributed by atoms with Crippen LogP contribution in [0.5, 0.6) is 17.2 Å². The number of nitrogens with zero attached hydrogens (tertiary/aromatic N) is 1. The van der Waals surface area contributed by atoms with Crippen LogP contribution in [0, 0.1) is 22.0 Å². The van der Waals surface area contributed by atoms with Gasteiger partial charge >= 0.3 is 18.1 Å². The molecule has 0 amide bonds. The molecular weight excluding hydrogens is 707 g/mol. The van der Waals surface area contributed by atoms with E-state index in [0.717, 1.165) is 12.1 Å². The molecule has 3 rings (SSSR count). The van der Waals surface area contributed by atoms with Gasteiger partial charge in [-0.25, -0.2) is 4.79 Å². The van der Waals surface area contributed by atoms with Crippen LogP contribution >= 0.6 is 0 Å². The smallest absolute Gasteiger partial charge is 0.416 e. The molecule has 0 spiro atoms. The van der Waals surface area contributed by atoms with Gasteiger partial charge in [-0.15, -0.1) is 10.1 Å². The number of ether oxygens (including phenoxy) is 4. The molecule has 16 heteroatoms. The standard InChI is InChI=1S/C37H46F3NO12/c1-49-34-21-25(14-18-35(45)50-19-6-7-20-52-41(47)48)13-17-33(34)53-36(46)12-5-3-2-4-11-29-30(32(44)23-31(29)43)16-15-27(42)24-51-28-10-8-9-26(22-28)37(38,39)40/h2,4,8-10,13-14,17-18,21-22,27,29-32,42-44H,3,5-7,11-12,15-16,19-20,23-24H2,1H3/t27-,29-,30-,31+,32-/m1/s1. The zero-order chi connectivity index (χ0) is 38.8. The van der Waals surface area contributed by atoms with Crippen LogP contribution in [-0.2, 0) is 25.3 Å². The van der Waals surface area contributed by atoms with Gasteiger partial charge in [0, 0.05) is 12.5 Å². The van der Waals surface area contributed by atoms with Crippen molar-refractivity contribution >= 4 is 18.0 Å². The van der Waals surface area contributed by atoms with E-state index in [1.54, 1.807) is 12.1 Å². The number of unbranched alkanes of at least 4 members (excludes halogenated alkanes) is 2. The third kappa shape index (κ3) is 15.5. The number of methoxy groups -OCH3 is 1. The molecule has 0 radical (unpaired) electrons. The monoisotopic (exact) mass is 753 g/mol. The lowest BCUT2D eigenvalue weighted by Crippen LogP contribution is -2.25. The summed E-state index contributed by atoms with van der Waals surface area (Å²) in [6.45, 7) is -0.217. The van der Waals surface area contributed by atoms with Gasteiger partial charge in [-0.2, -0.15) is 13.2 Å². The highest BCUT2D eigenvalue weighted by Crippen LogP contribution is 2.38. The van der Waals surface area contributed by atoms with E-state index in [0.29, 0.717) is 44.1 Å². The van der Waals surface area contributed by atoms with Crippen LogP contribution in [0.2, 0.25) is 0 Å². The van der Waals surface area contributed by atoms with Gasteiger partial charge in [0.2, 0.25) is 0 Å². The van der Waals surface area contributed by atoms with Crippen molar-refractivity contribution in [3.63, 3.8) is 0 Å². The first-order valence-corrected chi connectivity index (χ1v) is 17.3. The van der Waals surface area contributed by atoms with Gasteiger partial charge in [0.05, 0.1) is 44.2 Å². The average molecular weight is 754 g/mol. The Balaban J connectivity index is 1.36. The summed E-state index contributed by atoms with van der Waals surface area (Å²) >= 11 is 0. The van der Waals surface area contributed by atoms with Crippen molar-refractivity contribution < 1.29 is 67.0 Å². The van der Waals surface area contributed by atoms with Gasteiger partial charge in [-0.1, -0.05) is 24.3 Å². The molecular formula is C37H46F3NO12. The summed E-state index contributed by atoms with van der Waals surface area (Å²) in [4.78, 5) is 38.7. The summed E-state index contributed by atoms with van der Waals surface area (Å²) in [5.41, 5.74) is -0.262. The number of allylic oxidation sites excluding steroid dienone is 2. The Bertz CT molecular complexity index is 1530. The van der Waals surface area contributed by atoms with Crippen LogP contribution in [-0.4, -0.2) is 77.6 Å². The van der Waals surface area contributed by atoms with E-state index in [1.807, 2.05) is 12.2 Å². The molecule has 1 aliphatic rings. The van der Waals surface area contributed by atoms with Gasteiger partial charge in [0.15, 0.2) is 11.5 Å². The average Bonchev–Trinajstić information content (AvgIpc) is 3.39. The van der Waals surface area contributed by atoms with E-state index in [9.17, 15) is 48.2 Å². The van der Waals surface area contributed by atoms with Crippen molar-refractivity contribution in [1.82, 2.24) is 0 Å². The van der Waals surface area contributed by atoms with Gasteiger partial charge in [0.1, 0.15) is 12.4 Å². The van der Waals surface area contributed by atoms with Crippen molar-refractivity contribution in [3.05, 3.63) is 81.9 Å². The second-order valence-corrected chi connectivity index (χ2v) is 12.5. The van der Waals surface area contributed by atoms with Crippen LogP contribution in [0.15, 0.2) is 60.7 Å². The highest BCUT2D eigenvalue weighted by molar-refractivity contribution is 5.87. The Morgan fingerprint density at radius 3 is 2.51 bits per heavy atom. The highest BCUT2D eigenvalue weighted by atomic mass is 19.4. The number of rotatable bonds is 22. The van der Waals surface area contributed by atoms with E-state index >= 15 is 0 Å². The molecule has 0 heterocycles. The third-order valence-electron chi connectivity index (χ3n) is 8.59. The molecule has 292 valence electrons. The fraction of sp³-hybridized carbons (Fsp3) is 0.514. The second-order valence-electron chi connectivity index (χ2n) is 12.5. The fourth-order valence-corrected chi connectivity index (χ4v) is 5.84. The lowest BCUT2D eigenvalue weighted by atomic mass is 9.86. The number of carbonyl (C=O) groups is 2. The number of halogens is 3. The SMILES string of the molecule is COc1cc(C=CC(=O)OCCCCO[N+](=O)[O-])ccc1OC(=O)CCCC=CC[C@@H]1[C@@H](CC[C@@H](O)COc2cccc(C(F)(F)F)c2)[C@H](O)C[C@@H]1O. The summed E-state index contributed by atoms with van der Waals surface area (Å²) in [5.74, 6) is -1.15. The Morgan fingerprint density at radius 1 is 1.02 bits per heavy atom. The second kappa shape index (κ2) is 21.8. The van der Waals surface area contributed by atoms with Crippen molar-refractivity contribution in [2.45, 2.75) is 82.3 Å². The molecule has 1 aliphatic carbocycles. The zero-order valence-electron chi connectivity index (χ0n) is 29.3. The molecule has 1 fully saturated rings. The van der Waals surface area contributed by atoms with E-state index in [4.69, 9.17) is 18.9 Å². The number of benzene rings is 2. The normalized spacial score (nSPS) is 19.3. The summed E-state index contributed by atoms with van der Waals surface area (Å²) in [7, 11) is 1.41. The highest BCUT2D eigenvalue weighted by Gasteiger charge is 2.40. The molecule has 2 aromatic rings. The van der Waals surface area contributed by atoms with E-state index in [1.165, 1.54) is 37.5 Å². The number of hydrogen-bond acceptors (Lipinski definition) is 12. The molecule has 0 aromatic heterocycles. The quantitative estimate of drug-likeness (QED) is 0.0248. The Kier molecular flexibility index (Phi) is 17.5. The van der Waals surface area contributed by atoms with Crippen molar-refractivity contribution in [2.24, 2.45) is 11.8 Å². The van der Waals surface area contributed by atoms with Gasteiger partial charge < -0.3 is 39.1 Å². The maximum Gasteiger partial charge on any atom is 0.416 e. The zero-order valence-corrected chi connectivity index (χ0v) is 29.3. The largest absolute Gasteiger partial charge is 0.493 e. The first kappa shape index (κ1) is 42.7. The van der Waals surface area contributed by atoms with Crippen LogP contribution in [0.1, 0.15) is 68.9 Å². The third-order valence-corrected chi connectivity index (χ3v) is 8.59. The van der Waals surface area contributed by atoms with Gasteiger partial charge in [-0.05, 0) is 105 Å². The first-order chi connectivity index (χ1) is 25.3. The molecule has 0 unspecified atom stereocenters. The number of carbonyl (C=O) groups excluding carboxylic acids is 2. The van der Waals surface area contributed by atoms with Crippen LogP contribution < -0.4 is 14.2 Å². The summed E-state index contributed by atoms with van der Waals surface area (Å²) in [6.07, 6.45) is 2.71. The van der Waals surface area contributed by atoms with Crippen molar-refractivity contribution in [3.8, 4) is 17.2 Å². The minimum absolute atomic E-state index is 0.0107. The van der Waals surface area contributed by atoms with Crippen molar-refractivity contribution in [2.75, 3.05) is 26.9 Å². The molecule has 0 bridgehead atoms. The number of aliphatic hydroxyl groups excluding tert-OH is 3. The molecule has 5 atom stereocenters. The molecule has 1 saturated carbocycles. The molecule has 0 saturated heterocycles. The summed E-state index contributed by atoms with van der Waals surface area (Å²) < 4.78 is 60.0. The lowest BCUT2D eigenvalue weighted by Gasteiger charge is -2.23.